The molecule has 0 radical (unpaired) electrons. The molecule has 3 aromatic carbocycles. The van der Waals surface area contributed by atoms with Crippen LogP contribution in [0.4, 0.5) is 0 Å². The van der Waals surface area contributed by atoms with Crippen molar-refractivity contribution in [1.82, 2.24) is 14.5 Å². The summed E-state index contributed by atoms with van der Waals surface area (Å²) in [6, 6.07) is 26.4. The third-order valence-electron chi connectivity index (χ3n) is 6.80. The Morgan fingerprint density at radius 3 is 2.22 bits per heavy atom. The lowest BCUT2D eigenvalue weighted by Crippen LogP contribution is -2.39. The maximum absolute atomic E-state index is 13.2. The van der Waals surface area contributed by atoms with E-state index in [1.165, 1.54) is 0 Å². The Morgan fingerprint density at radius 1 is 0.973 bits per heavy atom. The van der Waals surface area contributed by atoms with Crippen molar-refractivity contribution in [3.8, 4) is 0 Å². The summed E-state index contributed by atoms with van der Waals surface area (Å²) in [6.07, 6.45) is 0.704. The first-order valence-electron chi connectivity index (χ1n) is 12.6. The van der Waals surface area contributed by atoms with Crippen LogP contribution in [0.1, 0.15) is 34.7 Å². The van der Waals surface area contributed by atoms with Gasteiger partial charge >= 0.3 is 0 Å². The van der Waals surface area contributed by atoms with Crippen LogP contribution in [0.15, 0.2) is 84.9 Å². The Hall–Kier alpha value is -3.04. The van der Waals surface area contributed by atoms with Crippen molar-refractivity contribution in [2.24, 2.45) is 0 Å². The molecule has 4 rings (SSSR count). The number of rotatable bonds is 11. The van der Waals surface area contributed by atoms with Crippen molar-refractivity contribution in [1.29, 1.82) is 0 Å². The molecule has 2 atom stereocenters. The summed E-state index contributed by atoms with van der Waals surface area (Å²) in [6.45, 7) is 2.32. The fourth-order valence-electron chi connectivity index (χ4n) is 4.64. The minimum Gasteiger partial charge on any atom is -0.392 e. The van der Waals surface area contributed by atoms with Gasteiger partial charge in [0.25, 0.3) is 0 Å². The second-order valence-electron chi connectivity index (χ2n) is 9.69. The lowest BCUT2D eigenvalue weighted by molar-refractivity contribution is -0.131. The summed E-state index contributed by atoms with van der Waals surface area (Å²) in [5.74, 6) is -0.0592. The molecule has 1 saturated heterocycles. The highest BCUT2D eigenvalue weighted by molar-refractivity contribution is 7.88. The molecule has 1 aliphatic rings. The topological polar surface area (TPSA) is 90.0 Å². The van der Waals surface area contributed by atoms with E-state index in [0.29, 0.717) is 13.1 Å². The van der Waals surface area contributed by atoms with E-state index in [4.69, 9.17) is 0 Å². The van der Waals surface area contributed by atoms with Crippen LogP contribution in [-0.4, -0.2) is 62.0 Å². The van der Waals surface area contributed by atoms with E-state index in [2.05, 4.69) is 9.62 Å². The van der Waals surface area contributed by atoms with E-state index in [-0.39, 0.29) is 36.8 Å². The number of nitrogens with one attached hydrogen (secondary N) is 1. The molecule has 1 amide bonds. The highest BCUT2D eigenvalue weighted by Gasteiger charge is 2.28. The first kappa shape index (κ1) is 27.0. The summed E-state index contributed by atoms with van der Waals surface area (Å²) >= 11 is 0. The fraction of sp³-hybridized carbons (Fsp3) is 0.345. The van der Waals surface area contributed by atoms with E-state index < -0.39 is 10.0 Å². The van der Waals surface area contributed by atoms with Gasteiger partial charge in [0.05, 0.1) is 24.3 Å². The maximum Gasteiger partial charge on any atom is 0.227 e. The van der Waals surface area contributed by atoms with Gasteiger partial charge in [-0.05, 0) is 28.7 Å². The molecule has 196 valence electrons. The van der Waals surface area contributed by atoms with E-state index in [1.54, 1.807) is 17.0 Å². The van der Waals surface area contributed by atoms with Crippen molar-refractivity contribution in [3.05, 3.63) is 107 Å². The first-order valence-corrected chi connectivity index (χ1v) is 14.2. The number of hydrogen-bond acceptors (Lipinski definition) is 5. The molecular weight excluding hydrogens is 486 g/mol. The largest absolute Gasteiger partial charge is 0.392 e. The molecule has 2 unspecified atom stereocenters. The van der Waals surface area contributed by atoms with Gasteiger partial charge in [-0.25, -0.2) is 13.1 Å². The zero-order chi connectivity index (χ0) is 26.3. The molecule has 8 heteroatoms. The molecule has 0 bridgehead atoms. The number of nitrogens with zero attached hydrogens (tertiary/aromatic N) is 2. The van der Waals surface area contributed by atoms with Crippen LogP contribution in [0.5, 0.6) is 0 Å². The van der Waals surface area contributed by atoms with Crippen LogP contribution in [0.2, 0.25) is 0 Å². The second kappa shape index (κ2) is 12.5. The summed E-state index contributed by atoms with van der Waals surface area (Å²) in [7, 11) is -1.62. The lowest BCUT2D eigenvalue weighted by Gasteiger charge is -2.32. The van der Waals surface area contributed by atoms with Crippen LogP contribution < -0.4 is 4.72 Å². The predicted octanol–water partition coefficient (Wildman–Crippen LogP) is 3.12. The van der Waals surface area contributed by atoms with Gasteiger partial charge in [0.15, 0.2) is 0 Å². The molecule has 1 aliphatic heterocycles. The molecule has 1 heterocycles. The minimum atomic E-state index is -3.45. The zero-order valence-corrected chi connectivity index (χ0v) is 22.0. The SMILES string of the molecule is CN(C(=O)Cc1ccc(CNS(=O)(=O)Cc2ccccc2)cc1)C(CN1CCC(O)C1)c1ccccc1. The number of aliphatic hydroxyl groups is 1. The number of hydrogen-bond donors (Lipinski definition) is 2. The van der Waals surface area contributed by atoms with Crippen LogP contribution in [-0.2, 0) is 33.5 Å². The van der Waals surface area contributed by atoms with Gasteiger partial charge in [0.2, 0.25) is 15.9 Å². The standard InChI is InChI=1S/C29H35N3O4S/c1-31(28(26-10-6-3-7-11-26)21-32-17-16-27(33)20-32)29(34)18-23-12-14-24(15-13-23)19-30-37(35,36)22-25-8-4-2-5-9-25/h2-15,27-28,30,33H,16-22H2,1H3. The molecule has 37 heavy (non-hydrogen) atoms. The van der Waals surface area contributed by atoms with E-state index in [0.717, 1.165) is 35.2 Å². The molecule has 7 nitrogen and oxygen atoms in total. The highest BCUT2D eigenvalue weighted by Crippen LogP contribution is 2.24. The van der Waals surface area contributed by atoms with E-state index >= 15 is 0 Å². The predicted molar refractivity (Wildman–Crippen MR) is 145 cm³/mol. The summed E-state index contributed by atoms with van der Waals surface area (Å²) in [5.41, 5.74) is 3.51. The minimum absolute atomic E-state index is 0.00455. The molecule has 0 spiro atoms. The number of amides is 1. The summed E-state index contributed by atoms with van der Waals surface area (Å²) in [5, 5.41) is 9.94. The molecular formula is C29H35N3O4S. The van der Waals surface area contributed by atoms with Gasteiger partial charge < -0.3 is 10.0 Å². The molecule has 0 saturated carbocycles. The van der Waals surface area contributed by atoms with Crippen molar-refractivity contribution in [2.45, 2.75) is 37.3 Å². The van der Waals surface area contributed by atoms with Crippen LogP contribution in [0, 0.1) is 0 Å². The quantitative estimate of drug-likeness (QED) is 0.405. The number of β-amino-alcohol motifs (C(OH)–C–C–N with tert-alkyl or cyclic N) is 1. The van der Waals surface area contributed by atoms with Crippen molar-refractivity contribution in [2.75, 3.05) is 26.7 Å². The van der Waals surface area contributed by atoms with Crippen molar-refractivity contribution >= 4 is 15.9 Å². The molecule has 2 N–H and O–H groups in total. The van der Waals surface area contributed by atoms with Crippen molar-refractivity contribution < 1.29 is 18.3 Å². The monoisotopic (exact) mass is 521 g/mol. The normalized spacial score (nSPS) is 17.0. The third-order valence-corrected chi connectivity index (χ3v) is 8.10. The van der Waals surface area contributed by atoms with Gasteiger partial charge in [-0.15, -0.1) is 0 Å². The number of sulfonamides is 1. The Morgan fingerprint density at radius 2 is 1.59 bits per heavy atom. The Kier molecular flexibility index (Phi) is 9.10. The number of likely N-dealkylation sites (N-methyl/N-ethyl adjacent to an activating group) is 1. The van der Waals surface area contributed by atoms with Gasteiger partial charge in [-0.3, -0.25) is 9.69 Å². The molecule has 1 fully saturated rings. The maximum atomic E-state index is 13.2. The second-order valence-corrected chi connectivity index (χ2v) is 11.5. The Labute approximate surface area is 219 Å². The van der Waals surface area contributed by atoms with Crippen LogP contribution in [0.3, 0.4) is 0 Å². The number of carbonyl (C=O) groups is 1. The number of carbonyl (C=O) groups excluding carboxylic acids is 1. The number of likely N-dealkylation sites (tertiary alicyclic amines) is 1. The Balaban J connectivity index is 1.35. The first-order chi connectivity index (χ1) is 17.8. The van der Waals surface area contributed by atoms with Gasteiger partial charge in [-0.2, -0.15) is 0 Å². The number of aliphatic hydroxyl groups excluding tert-OH is 1. The molecule has 3 aromatic rings. The molecule has 0 aromatic heterocycles. The average Bonchev–Trinajstić information content (AvgIpc) is 3.32. The van der Waals surface area contributed by atoms with Gasteiger partial charge in [0.1, 0.15) is 0 Å². The van der Waals surface area contributed by atoms with E-state index in [1.807, 2.05) is 79.8 Å². The fourth-order valence-corrected chi connectivity index (χ4v) is 5.76. The van der Waals surface area contributed by atoms with E-state index in [9.17, 15) is 18.3 Å². The highest BCUT2D eigenvalue weighted by atomic mass is 32.2. The smallest absolute Gasteiger partial charge is 0.227 e. The number of benzene rings is 3. The van der Waals surface area contributed by atoms with Gasteiger partial charge in [-0.1, -0.05) is 84.9 Å². The third kappa shape index (κ3) is 7.97. The summed E-state index contributed by atoms with van der Waals surface area (Å²) < 4.78 is 27.5. The zero-order valence-electron chi connectivity index (χ0n) is 21.2. The van der Waals surface area contributed by atoms with Crippen LogP contribution in [0.25, 0.3) is 0 Å². The Bertz CT molecular complexity index is 1250. The average molecular weight is 522 g/mol. The summed E-state index contributed by atoms with van der Waals surface area (Å²) in [4.78, 5) is 17.3. The lowest BCUT2D eigenvalue weighted by atomic mass is 10.0. The molecule has 0 aliphatic carbocycles. The van der Waals surface area contributed by atoms with Crippen molar-refractivity contribution in [3.63, 3.8) is 0 Å². The van der Waals surface area contributed by atoms with Gasteiger partial charge in [0, 0.05) is 33.2 Å². The van der Waals surface area contributed by atoms with Crippen LogP contribution >= 0.6 is 0 Å².